The second-order valence-corrected chi connectivity index (χ2v) is 11.4. The zero-order chi connectivity index (χ0) is 22.5. The zero-order valence-corrected chi connectivity index (χ0v) is 20.3. The fourth-order valence-corrected chi connectivity index (χ4v) is 6.71. The lowest BCUT2D eigenvalue weighted by Gasteiger charge is -2.37. The van der Waals surface area contributed by atoms with Crippen LogP contribution in [0, 0.1) is 35.5 Å². The van der Waals surface area contributed by atoms with Crippen molar-refractivity contribution in [2.45, 2.75) is 96.3 Å². The lowest BCUT2D eigenvalue weighted by atomic mass is 9.68. The van der Waals surface area contributed by atoms with Crippen molar-refractivity contribution in [1.29, 1.82) is 0 Å². The molecule has 0 aliphatic heterocycles. The van der Waals surface area contributed by atoms with Crippen LogP contribution in [0.5, 0.6) is 11.6 Å². The average Bonchev–Trinajstić information content (AvgIpc) is 3.34. The highest BCUT2D eigenvalue weighted by atomic mass is 19.1. The van der Waals surface area contributed by atoms with Crippen molar-refractivity contribution in [3.05, 3.63) is 29.7 Å². The summed E-state index contributed by atoms with van der Waals surface area (Å²) >= 11 is 0. The van der Waals surface area contributed by atoms with Gasteiger partial charge in [-0.1, -0.05) is 51.0 Å². The Morgan fingerprint density at radius 3 is 2.21 bits per heavy atom. The predicted molar refractivity (Wildman–Crippen MR) is 130 cm³/mol. The highest BCUT2D eigenvalue weighted by molar-refractivity contribution is 5.25. The van der Waals surface area contributed by atoms with Gasteiger partial charge in [0.05, 0.1) is 6.61 Å². The molecule has 4 aliphatic rings. The topological polar surface area (TPSA) is 31.4 Å². The first kappa shape index (κ1) is 23.2. The second-order valence-electron chi connectivity index (χ2n) is 11.4. The van der Waals surface area contributed by atoms with Gasteiger partial charge in [0.2, 0.25) is 5.88 Å². The number of ether oxygens (including phenoxy) is 2. The van der Waals surface area contributed by atoms with E-state index in [2.05, 4.69) is 11.1 Å². The van der Waals surface area contributed by atoms with Crippen LogP contribution in [0.2, 0.25) is 0 Å². The summed E-state index contributed by atoms with van der Waals surface area (Å²) in [5.41, 5.74) is 1.34. The summed E-state index contributed by atoms with van der Waals surface area (Å²) in [6.07, 6.45) is 22.7. The quantitative estimate of drug-likeness (QED) is 0.280. The highest BCUT2D eigenvalue weighted by Crippen LogP contribution is 2.43. The molecule has 3 nitrogen and oxygen atoms in total. The monoisotopic (exact) mass is 455 g/mol. The number of allylic oxidation sites excluding steroid dienone is 1. The lowest BCUT2D eigenvalue weighted by molar-refractivity contribution is 0.154. The Morgan fingerprint density at radius 1 is 0.788 bits per heavy atom. The first-order chi connectivity index (χ1) is 16.2. The van der Waals surface area contributed by atoms with Gasteiger partial charge < -0.3 is 9.47 Å². The van der Waals surface area contributed by atoms with Gasteiger partial charge >= 0.3 is 0 Å². The molecule has 4 aliphatic carbocycles. The molecular weight excluding hydrogens is 413 g/mol. The summed E-state index contributed by atoms with van der Waals surface area (Å²) in [7, 11) is 0. The number of nitrogens with zero attached hydrogens (tertiary/aromatic N) is 1. The number of aromatic nitrogens is 1. The van der Waals surface area contributed by atoms with E-state index in [1.54, 1.807) is 12.1 Å². The van der Waals surface area contributed by atoms with Gasteiger partial charge in [-0.15, -0.1) is 0 Å². The highest BCUT2D eigenvalue weighted by Gasteiger charge is 2.30. The molecule has 5 rings (SSSR count). The first-order valence-corrected chi connectivity index (χ1v) is 13.8. The summed E-state index contributed by atoms with van der Waals surface area (Å²) in [5, 5.41) is 0. The summed E-state index contributed by atoms with van der Waals surface area (Å²) in [5.74, 6) is 4.46. The average molecular weight is 456 g/mol. The first-order valence-electron chi connectivity index (χ1n) is 13.8. The molecule has 1 heterocycles. The Balaban J connectivity index is 1.02. The fraction of sp³-hybridized carbons (Fsp3) is 0.759. The number of hydrogen-bond donors (Lipinski definition) is 0. The molecule has 0 N–H and O–H groups in total. The van der Waals surface area contributed by atoms with Crippen LogP contribution in [0.25, 0.3) is 0 Å². The molecule has 3 saturated carbocycles. The molecule has 1 aromatic rings. The third-order valence-corrected chi connectivity index (χ3v) is 9.14. The number of rotatable bonds is 9. The molecule has 0 saturated heterocycles. The van der Waals surface area contributed by atoms with Crippen LogP contribution >= 0.6 is 0 Å². The zero-order valence-electron chi connectivity index (χ0n) is 20.3. The Kier molecular flexibility index (Phi) is 7.89. The van der Waals surface area contributed by atoms with E-state index >= 15 is 0 Å². The molecule has 4 heteroatoms. The third-order valence-electron chi connectivity index (χ3n) is 9.14. The van der Waals surface area contributed by atoms with Crippen molar-refractivity contribution < 1.29 is 13.9 Å². The summed E-state index contributed by atoms with van der Waals surface area (Å²) in [4.78, 5) is 3.99. The molecule has 0 amide bonds. The van der Waals surface area contributed by atoms with E-state index in [0.717, 1.165) is 30.1 Å². The van der Waals surface area contributed by atoms with Crippen molar-refractivity contribution >= 4 is 0 Å². The van der Waals surface area contributed by atoms with Crippen LogP contribution in [0.15, 0.2) is 23.8 Å². The van der Waals surface area contributed by atoms with Crippen molar-refractivity contribution in [3.63, 3.8) is 0 Å². The minimum atomic E-state index is -0.559. The smallest absolute Gasteiger partial charge is 0.258 e. The van der Waals surface area contributed by atoms with Crippen LogP contribution in [0.4, 0.5) is 4.39 Å². The summed E-state index contributed by atoms with van der Waals surface area (Å²) < 4.78 is 25.8. The number of halogens is 1. The Hall–Kier alpha value is -1.58. The standard InChI is InChI=1S/C29H42FNO2/c30-29-27(32-19-23-4-1-2-5-23)16-17-28(31-29)33-20-24-10-14-26(15-11-24)25-12-8-22(9-13-25)18-21-6-3-7-21/h10,16-17,21-23,25-26H,1-9,11-15,18-20H2. The van der Waals surface area contributed by atoms with E-state index in [-0.39, 0.29) is 5.75 Å². The minimum Gasteiger partial charge on any atom is -0.488 e. The van der Waals surface area contributed by atoms with Crippen molar-refractivity contribution in [1.82, 2.24) is 4.98 Å². The predicted octanol–water partition coefficient (Wildman–Crippen LogP) is 7.89. The summed E-state index contributed by atoms with van der Waals surface area (Å²) in [6.45, 7) is 1.12. The van der Waals surface area contributed by atoms with Crippen LogP contribution in [0.3, 0.4) is 0 Å². The van der Waals surface area contributed by atoms with E-state index < -0.39 is 5.95 Å². The van der Waals surface area contributed by atoms with E-state index in [0.29, 0.717) is 25.0 Å². The summed E-state index contributed by atoms with van der Waals surface area (Å²) in [6, 6.07) is 3.40. The maximum absolute atomic E-state index is 14.3. The maximum atomic E-state index is 14.3. The van der Waals surface area contributed by atoms with Crippen LogP contribution in [-0.4, -0.2) is 18.2 Å². The van der Waals surface area contributed by atoms with Gasteiger partial charge in [0.1, 0.15) is 6.61 Å². The van der Waals surface area contributed by atoms with Gasteiger partial charge in [-0.25, -0.2) is 0 Å². The van der Waals surface area contributed by atoms with Crippen molar-refractivity contribution in [2.75, 3.05) is 13.2 Å². The molecule has 3 fully saturated rings. The van der Waals surface area contributed by atoms with Crippen LogP contribution in [0.1, 0.15) is 96.3 Å². The molecule has 1 aromatic heterocycles. The van der Waals surface area contributed by atoms with E-state index in [9.17, 15) is 4.39 Å². The van der Waals surface area contributed by atoms with Gasteiger partial charge in [-0.3, -0.25) is 0 Å². The van der Waals surface area contributed by atoms with E-state index in [4.69, 9.17) is 9.47 Å². The Bertz CT molecular complexity index is 791. The largest absolute Gasteiger partial charge is 0.488 e. The molecule has 1 unspecified atom stereocenters. The molecule has 1 atom stereocenters. The molecule has 0 radical (unpaired) electrons. The third kappa shape index (κ3) is 6.31. The van der Waals surface area contributed by atoms with Gasteiger partial charge in [0.25, 0.3) is 5.95 Å². The molecule has 0 bridgehead atoms. The van der Waals surface area contributed by atoms with Gasteiger partial charge in [-0.05, 0) is 92.6 Å². The van der Waals surface area contributed by atoms with Crippen LogP contribution < -0.4 is 9.47 Å². The van der Waals surface area contributed by atoms with Gasteiger partial charge in [0.15, 0.2) is 5.75 Å². The normalized spacial score (nSPS) is 28.9. The minimum absolute atomic E-state index is 0.247. The fourth-order valence-electron chi connectivity index (χ4n) is 6.71. The second kappa shape index (κ2) is 11.2. The van der Waals surface area contributed by atoms with Gasteiger partial charge in [-0.2, -0.15) is 9.37 Å². The number of hydrogen-bond acceptors (Lipinski definition) is 3. The Labute approximate surface area is 199 Å². The molecular formula is C29H42FNO2. The molecule has 182 valence electrons. The maximum Gasteiger partial charge on any atom is 0.258 e. The van der Waals surface area contributed by atoms with E-state index in [1.165, 1.54) is 95.5 Å². The Morgan fingerprint density at radius 2 is 1.55 bits per heavy atom. The van der Waals surface area contributed by atoms with Crippen molar-refractivity contribution in [2.24, 2.45) is 29.6 Å². The number of pyridine rings is 1. The van der Waals surface area contributed by atoms with Gasteiger partial charge in [0, 0.05) is 6.07 Å². The molecule has 0 spiro atoms. The van der Waals surface area contributed by atoms with E-state index in [1.807, 2.05) is 0 Å². The molecule has 33 heavy (non-hydrogen) atoms. The van der Waals surface area contributed by atoms with Crippen molar-refractivity contribution in [3.8, 4) is 11.6 Å². The van der Waals surface area contributed by atoms with Crippen LogP contribution in [-0.2, 0) is 0 Å². The molecule has 0 aromatic carbocycles. The SMILES string of the molecule is Fc1nc(OCC2=CCC(C3CCC(CC4CCC4)CC3)CC2)ccc1OCC1CCCC1. The lowest BCUT2D eigenvalue weighted by Crippen LogP contribution is -2.25.